The minimum Gasteiger partial charge on any atom is -0.464 e. The Morgan fingerprint density at radius 2 is 2.00 bits per heavy atom. The van der Waals surface area contributed by atoms with Gasteiger partial charge in [0.25, 0.3) is 5.91 Å². The van der Waals surface area contributed by atoms with E-state index in [0.29, 0.717) is 18.3 Å². The quantitative estimate of drug-likeness (QED) is 0.866. The Balaban J connectivity index is 1.61. The first-order valence-electron chi connectivity index (χ1n) is 8.53. The predicted molar refractivity (Wildman–Crippen MR) is 90.2 cm³/mol. The van der Waals surface area contributed by atoms with E-state index in [0.717, 1.165) is 5.82 Å². The van der Waals surface area contributed by atoms with Crippen LogP contribution < -0.4 is 0 Å². The summed E-state index contributed by atoms with van der Waals surface area (Å²) in [6.45, 7) is 4.96. The number of methoxy groups -OCH3 is 1. The minimum absolute atomic E-state index is 0.0363. The van der Waals surface area contributed by atoms with Gasteiger partial charge in [0.1, 0.15) is 17.2 Å². The number of nitrogens with one attached hydrogen (secondary N) is 1. The van der Waals surface area contributed by atoms with Gasteiger partial charge in [-0.25, -0.2) is 9.78 Å². The van der Waals surface area contributed by atoms with Crippen LogP contribution in [0.4, 0.5) is 0 Å². The molecule has 0 spiro atoms. The highest BCUT2D eigenvalue weighted by Crippen LogP contribution is 2.50. The van der Waals surface area contributed by atoms with Gasteiger partial charge in [0, 0.05) is 30.4 Å². The van der Waals surface area contributed by atoms with Gasteiger partial charge in [0.15, 0.2) is 0 Å². The largest absolute Gasteiger partial charge is 0.464 e. The first-order chi connectivity index (χ1) is 11.9. The van der Waals surface area contributed by atoms with E-state index in [4.69, 9.17) is 0 Å². The Morgan fingerprint density at radius 3 is 2.64 bits per heavy atom. The molecule has 2 aromatic rings. The van der Waals surface area contributed by atoms with Crippen molar-refractivity contribution < 1.29 is 14.3 Å². The summed E-state index contributed by atoms with van der Waals surface area (Å²) in [7, 11) is 1.32. The van der Waals surface area contributed by atoms with Crippen molar-refractivity contribution in [2.75, 3.05) is 13.7 Å². The molecule has 25 heavy (non-hydrogen) atoms. The smallest absolute Gasteiger partial charge is 0.354 e. The molecule has 1 amide bonds. The maximum absolute atomic E-state index is 12.9. The number of H-pyrrole nitrogens is 1. The molecule has 7 nitrogen and oxygen atoms in total. The molecular formula is C18H22N4O3. The number of carbonyl (C=O) groups excluding carboxylic acids is 2. The molecule has 1 N–H and O–H groups in total. The van der Waals surface area contributed by atoms with E-state index in [-0.39, 0.29) is 23.1 Å². The van der Waals surface area contributed by atoms with Crippen LogP contribution in [-0.2, 0) is 4.74 Å². The van der Waals surface area contributed by atoms with Crippen molar-refractivity contribution >= 4 is 11.9 Å². The van der Waals surface area contributed by atoms with Gasteiger partial charge in [-0.1, -0.05) is 13.8 Å². The van der Waals surface area contributed by atoms with E-state index in [2.05, 4.69) is 33.1 Å². The van der Waals surface area contributed by atoms with Crippen molar-refractivity contribution in [3.63, 3.8) is 0 Å². The molecule has 1 unspecified atom stereocenters. The normalized spacial score (nSPS) is 21.7. The lowest BCUT2D eigenvalue weighted by Gasteiger charge is -2.53. The third kappa shape index (κ3) is 2.54. The molecule has 4 rings (SSSR count). The Hall–Kier alpha value is -2.57. The lowest BCUT2D eigenvalue weighted by Crippen LogP contribution is -2.58. The second kappa shape index (κ2) is 5.47. The number of ether oxygens (including phenoxy) is 1. The molecule has 0 radical (unpaired) electrons. The minimum atomic E-state index is -0.483. The van der Waals surface area contributed by atoms with Gasteiger partial charge in [-0.15, -0.1) is 0 Å². The maximum atomic E-state index is 12.9. The molecule has 2 aliphatic rings. The average Bonchev–Trinajstić information content (AvgIpc) is 3.11. The third-order valence-electron chi connectivity index (χ3n) is 5.10. The van der Waals surface area contributed by atoms with E-state index in [1.54, 1.807) is 12.1 Å². The van der Waals surface area contributed by atoms with Crippen molar-refractivity contribution in [2.24, 2.45) is 5.41 Å². The van der Waals surface area contributed by atoms with Crippen LogP contribution in [0.2, 0.25) is 0 Å². The number of hydrogen-bond donors (Lipinski definition) is 1. The zero-order valence-corrected chi connectivity index (χ0v) is 14.7. The zero-order valence-electron chi connectivity index (χ0n) is 14.7. The molecule has 132 valence electrons. The van der Waals surface area contributed by atoms with Crippen molar-refractivity contribution in [3.8, 4) is 0 Å². The molecule has 1 aliphatic heterocycles. The molecule has 7 heteroatoms. The number of amides is 1. The summed E-state index contributed by atoms with van der Waals surface area (Å²) in [6.07, 6.45) is 6.16. The molecule has 3 heterocycles. The van der Waals surface area contributed by atoms with Gasteiger partial charge in [-0.2, -0.15) is 0 Å². The summed E-state index contributed by atoms with van der Waals surface area (Å²) in [5, 5.41) is 0. The fourth-order valence-electron chi connectivity index (χ4n) is 3.71. The van der Waals surface area contributed by atoms with E-state index < -0.39 is 5.97 Å². The summed E-state index contributed by atoms with van der Waals surface area (Å²) in [6, 6.07) is 3.65. The Morgan fingerprint density at radius 1 is 1.28 bits per heavy atom. The molecule has 2 aromatic heterocycles. The topological polar surface area (TPSA) is 80.2 Å². The van der Waals surface area contributed by atoms with E-state index in [9.17, 15) is 9.59 Å². The van der Waals surface area contributed by atoms with E-state index >= 15 is 0 Å². The first-order valence-corrected chi connectivity index (χ1v) is 8.53. The van der Waals surface area contributed by atoms with Gasteiger partial charge in [0.2, 0.25) is 0 Å². The second-order valence-corrected chi connectivity index (χ2v) is 7.53. The van der Waals surface area contributed by atoms with Crippen LogP contribution in [0.25, 0.3) is 0 Å². The molecule has 1 saturated heterocycles. The Kier molecular flexibility index (Phi) is 3.49. The number of carbonyl (C=O) groups is 2. The summed E-state index contributed by atoms with van der Waals surface area (Å²) in [5.74, 6) is 0.348. The predicted octanol–water partition coefficient (Wildman–Crippen LogP) is 2.56. The van der Waals surface area contributed by atoms with Gasteiger partial charge >= 0.3 is 5.97 Å². The van der Waals surface area contributed by atoms with Crippen molar-refractivity contribution in [2.45, 2.75) is 38.8 Å². The van der Waals surface area contributed by atoms with Gasteiger partial charge in [-0.3, -0.25) is 4.79 Å². The van der Waals surface area contributed by atoms with E-state index in [1.165, 1.54) is 20.0 Å². The average molecular weight is 342 g/mol. The highest BCUT2D eigenvalue weighted by molar-refractivity contribution is 5.96. The Bertz CT molecular complexity index is 831. The lowest BCUT2D eigenvalue weighted by molar-refractivity contribution is -0.0382. The van der Waals surface area contributed by atoms with Crippen LogP contribution in [0.15, 0.2) is 24.5 Å². The van der Waals surface area contributed by atoms with Crippen molar-refractivity contribution in [1.82, 2.24) is 19.4 Å². The van der Waals surface area contributed by atoms with Gasteiger partial charge in [-0.05, 0) is 25.0 Å². The van der Waals surface area contributed by atoms with Crippen LogP contribution in [0.5, 0.6) is 0 Å². The lowest BCUT2D eigenvalue weighted by atomic mass is 9.74. The van der Waals surface area contributed by atoms with Crippen LogP contribution in [-0.4, -0.2) is 45.0 Å². The van der Waals surface area contributed by atoms with Crippen LogP contribution in [0.3, 0.4) is 0 Å². The standard InChI is InChI=1S/C18H22N4O3/c1-18(2)10-22(14(18)15-19-8-9-21(15)11-4-5-11)16(23)12-6-7-13(20-12)17(24)25-3/h6-9,11,14,20H,4-5,10H2,1-3H3. The highest BCUT2D eigenvalue weighted by Gasteiger charge is 2.52. The molecule has 0 aromatic carbocycles. The molecule has 1 saturated carbocycles. The molecule has 0 bridgehead atoms. The van der Waals surface area contributed by atoms with Crippen molar-refractivity contribution in [3.05, 3.63) is 41.7 Å². The molecule has 2 fully saturated rings. The second-order valence-electron chi connectivity index (χ2n) is 7.53. The van der Waals surface area contributed by atoms with Crippen LogP contribution >= 0.6 is 0 Å². The number of aromatic nitrogens is 3. The van der Waals surface area contributed by atoms with Crippen molar-refractivity contribution in [1.29, 1.82) is 0 Å². The third-order valence-corrected chi connectivity index (χ3v) is 5.10. The number of rotatable bonds is 4. The maximum Gasteiger partial charge on any atom is 0.354 e. The van der Waals surface area contributed by atoms with Crippen LogP contribution in [0, 0.1) is 5.41 Å². The van der Waals surface area contributed by atoms with Gasteiger partial charge in [0.05, 0.1) is 13.2 Å². The number of aromatic amines is 1. The van der Waals surface area contributed by atoms with E-state index in [1.807, 2.05) is 17.3 Å². The SMILES string of the molecule is COC(=O)c1ccc(C(=O)N2CC(C)(C)C2c2nccn2C2CC2)[nH]1. The first kappa shape index (κ1) is 15.9. The molecule has 1 aliphatic carbocycles. The number of esters is 1. The number of likely N-dealkylation sites (tertiary alicyclic amines) is 1. The molecule has 1 atom stereocenters. The Labute approximate surface area is 146 Å². The fraction of sp³-hybridized carbons (Fsp3) is 0.500. The summed E-state index contributed by atoms with van der Waals surface area (Å²) in [4.78, 5) is 33.8. The van der Waals surface area contributed by atoms with Crippen LogP contribution in [0.1, 0.15) is 65.6 Å². The highest BCUT2D eigenvalue weighted by atomic mass is 16.5. The number of hydrogen-bond acceptors (Lipinski definition) is 4. The summed E-state index contributed by atoms with van der Waals surface area (Å²) in [5.41, 5.74) is 0.637. The zero-order chi connectivity index (χ0) is 17.8. The van der Waals surface area contributed by atoms with Gasteiger partial charge < -0.3 is 19.2 Å². The molecular weight excluding hydrogens is 320 g/mol. The number of nitrogens with zero attached hydrogens (tertiary/aromatic N) is 3. The number of imidazole rings is 1. The summed E-state index contributed by atoms with van der Waals surface area (Å²) >= 11 is 0. The fourth-order valence-corrected chi connectivity index (χ4v) is 3.71. The monoisotopic (exact) mass is 342 g/mol. The summed E-state index contributed by atoms with van der Waals surface area (Å²) < 4.78 is 6.89.